The first-order valence-corrected chi connectivity index (χ1v) is 7.75. The molecule has 6 heteroatoms. The summed E-state index contributed by atoms with van der Waals surface area (Å²) < 4.78 is 27.6. The summed E-state index contributed by atoms with van der Waals surface area (Å²) >= 11 is 1.12. The van der Waals surface area contributed by atoms with E-state index >= 15 is 0 Å². The van der Waals surface area contributed by atoms with Gasteiger partial charge in [-0.25, -0.2) is 8.42 Å². The number of aromatic nitrogens is 2. The van der Waals surface area contributed by atoms with E-state index in [1.807, 2.05) is 30.3 Å². The summed E-state index contributed by atoms with van der Waals surface area (Å²) in [6, 6.07) is 9.65. The Morgan fingerprint density at radius 2 is 2.00 bits per heavy atom. The molecule has 1 heterocycles. The highest BCUT2D eigenvalue weighted by atomic mass is 32.2. The van der Waals surface area contributed by atoms with E-state index in [2.05, 4.69) is 16.2 Å². The maximum atomic E-state index is 11.9. The van der Waals surface area contributed by atoms with Gasteiger partial charge in [-0.1, -0.05) is 40.9 Å². The van der Waals surface area contributed by atoms with Crippen molar-refractivity contribution in [2.45, 2.75) is 11.4 Å². The van der Waals surface area contributed by atoms with Crippen molar-refractivity contribution in [2.24, 2.45) is 0 Å². The van der Waals surface area contributed by atoms with Crippen molar-refractivity contribution in [3.8, 4) is 0 Å². The van der Waals surface area contributed by atoms with Crippen LogP contribution in [0.1, 0.15) is 10.4 Å². The van der Waals surface area contributed by atoms with Gasteiger partial charge in [-0.05, 0) is 17.1 Å². The SMILES string of the molecule is C=CCS(=O)(=O)c1nnsc1Cc1ccccc1. The van der Waals surface area contributed by atoms with Gasteiger partial charge in [-0.15, -0.1) is 11.7 Å². The second-order valence-electron chi connectivity index (χ2n) is 3.73. The number of rotatable bonds is 5. The molecule has 1 aromatic carbocycles. The Bertz CT molecular complexity index is 633. The molecule has 0 saturated carbocycles. The quantitative estimate of drug-likeness (QED) is 0.787. The average molecular weight is 280 g/mol. The van der Waals surface area contributed by atoms with Gasteiger partial charge in [0.05, 0.1) is 10.6 Å². The molecule has 0 N–H and O–H groups in total. The molecule has 1 aromatic heterocycles. The molecule has 0 bridgehead atoms. The van der Waals surface area contributed by atoms with Crippen LogP contribution >= 0.6 is 11.5 Å². The fourth-order valence-corrected chi connectivity index (χ4v) is 3.73. The van der Waals surface area contributed by atoms with Crippen LogP contribution in [-0.4, -0.2) is 23.8 Å². The van der Waals surface area contributed by atoms with Crippen molar-refractivity contribution in [3.63, 3.8) is 0 Å². The molecule has 0 spiro atoms. The van der Waals surface area contributed by atoms with Gasteiger partial charge in [0.2, 0.25) is 9.84 Å². The van der Waals surface area contributed by atoms with Crippen molar-refractivity contribution in [3.05, 3.63) is 53.4 Å². The first-order chi connectivity index (χ1) is 8.63. The van der Waals surface area contributed by atoms with Crippen molar-refractivity contribution in [1.29, 1.82) is 0 Å². The van der Waals surface area contributed by atoms with Crippen LogP contribution in [0.3, 0.4) is 0 Å². The summed E-state index contributed by atoms with van der Waals surface area (Å²) in [5.74, 6) is -0.111. The molecule has 0 aliphatic rings. The van der Waals surface area contributed by atoms with Crippen LogP contribution in [0.2, 0.25) is 0 Å². The van der Waals surface area contributed by atoms with Crippen LogP contribution in [0.4, 0.5) is 0 Å². The molecule has 4 nitrogen and oxygen atoms in total. The lowest BCUT2D eigenvalue weighted by Gasteiger charge is -2.01. The Labute approximate surface area is 110 Å². The molecule has 2 rings (SSSR count). The van der Waals surface area contributed by atoms with Gasteiger partial charge in [0.25, 0.3) is 0 Å². The van der Waals surface area contributed by atoms with E-state index in [1.54, 1.807) is 0 Å². The Morgan fingerprint density at radius 3 is 2.67 bits per heavy atom. The zero-order valence-electron chi connectivity index (χ0n) is 9.61. The zero-order valence-corrected chi connectivity index (χ0v) is 11.2. The van der Waals surface area contributed by atoms with Crippen LogP contribution in [0.15, 0.2) is 48.0 Å². The first-order valence-electron chi connectivity index (χ1n) is 5.32. The molecule has 0 saturated heterocycles. The second-order valence-corrected chi connectivity index (χ2v) is 6.52. The van der Waals surface area contributed by atoms with Crippen molar-refractivity contribution >= 4 is 21.4 Å². The minimum absolute atomic E-state index is 0.0799. The van der Waals surface area contributed by atoms with Gasteiger partial charge >= 0.3 is 0 Å². The lowest BCUT2D eigenvalue weighted by atomic mass is 10.1. The van der Waals surface area contributed by atoms with Crippen LogP contribution < -0.4 is 0 Å². The fraction of sp³-hybridized carbons (Fsp3) is 0.167. The lowest BCUT2D eigenvalue weighted by molar-refractivity contribution is 0.594. The molecule has 94 valence electrons. The van der Waals surface area contributed by atoms with Gasteiger partial charge in [-0.2, -0.15) is 0 Å². The Balaban J connectivity index is 2.32. The van der Waals surface area contributed by atoms with Crippen LogP contribution in [0.25, 0.3) is 0 Å². The average Bonchev–Trinajstić information content (AvgIpc) is 2.79. The van der Waals surface area contributed by atoms with Crippen LogP contribution in [0, 0.1) is 0 Å². The van der Waals surface area contributed by atoms with E-state index in [4.69, 9.17) is 0 Å². The van der Waals surface area contributed by atoms with Crippen LogP contribution in [0.5, 0.6) is 0 Å². The molecule has 0 fully saturated rings. The van der Waals surface area contributed by atoms with Crippen LogP contribution in [-0.2, 0) is 16.3 Å². The lowest BCUT2D eigenvalue weighted by Crippen LogP contribution is -2.07. The number of hydrogen-bond acceptors (Lipinski definition) is 5. The van der Waals surface area contributed by atoms with E-state index in [-0.39, 0.29) is 10.8 Å². The van der Waals surface area contributed by atoms with Gasteiger partial charge in [0.15, 0.2) is 5.03 Å². The number of sulfone groups is 1. The first kappa shape index (κ1) is 12.9. The molecule has 0 unspecified atom stereocenters. The Hall–Kier alpha value is -1.53. The molecule has 0 atom stereocenters. The highest BCUT2D eigenvalue weighted by Crippen LogP contribution is 2.21. The van der Waals surface area contributed by atoms with E-state index < -0.39 is 9.84 Å². The molecule has 0 radical (unpaired) electrons. The highest BCUT2D eigenvalue weighted by molar-refractivity contribution is 7.91. The summed E-state index contributed by atoms with van der Waals surface area (Å²) in [4.78, 5) is 0.669. The highest BCUT2D eigenvalue weighted by Gasteiger charge is 2.21. The molecule has 18 heavy (non-hydrogen) atoms. The standard InChI is InChI=1S/C12H12N2O2S2/c1-2-8-18(15,16)12-11(17-14-13-12)9-10-6-4-3-5-7-10/h2-7H,1,8-9H2. The van der Waals surface area contributed by atoms with Crippen molar-refractivity contribution in [1.82, 2.24) is 9.59 Å². The van der Waals surface area contributed by atoms with E-state index in [0.717, 1.165) is 17.1 Å². The summed E-state index contributed by atoms with van der Waals surface area (Å²) in [5.41, 5.74) is 1.04. The second kappa shape index (κ2) is 5.41. The smallest absolute Gasteiger partial charge is 0.202 e. The summed E-state index contributed by atoms with van der Waals surface area (Å²) in [7, 11) is -3.40. The molecule has 0 amide bonds. The fourth-order valence-electron chi connectivity index (χ4n) is 1.56. The Kier molecular flexibility index (Phi) is 3.88. The number of hydrogen-bond donors (Lipinski definition) is 0. The largest absolute Gasteiger partial charge is 0.222 e. The number of benzene rings is 1. The molecular weight excluding hydrogens is 268 g/mol. The van der Waals surface area contributed by atoms with E-state index in [9.17, 15) is 8.42 Å². The molecule has 0 aliphatic carbocycles. The predicted molar refractivity (Wildman–Crippen MR) is 71.4 cm³/mol. The van der Waals surface area contributed by atoms with E-state index in [1.165, 1.54) is 6.08 Å². The van der Waals surface area contributed by atoms with E-state index in [0.29, 0.717) is 11.3 Å². The Morgan fingerprint density at radius 1 is 1.28 bits per heavy atom. The third-order valence-electron chi connectivity index (χ3n) is 2.36. The van der Waals surface area contributed by atoms with Crippen molar-refractivity contribution < 1.29 is 8.42 Å². The predicted octanol–water partition coefficient (Wildman–Crippen LogP) is 2.09. The van der Waals surface area contributed by atoms with Crippen molar-refractivity contribution in [2.75, 3.05) is 5.75 Å². The van der Waals surface area contributed by atoms with Gasteiger partial charge < -0.3 is 0 Å². The van der Waals surface area contributed by atoms with Gasteiger partial charge in [0, 0.05) is 6.42 Å². The number of nitrogens with zero attached hydrogens (tertiary/aromatic N) is 2. The molecule has 2 aromatic rings. The third-order valence-corrected chi connectivity index (χ3v) is 4.80. The monoisotopic (exact) mass is 280 g/mol. The van der Waals surface area contributed by atoms with Gasteiger partial charge in [-0.3, -0.25) is 0 Å². The maximum Gasteiger partial charge on any atom is 0.202 e. The minimum Gasteiger partial charge on any atom is -0.222 e. The summed E-state index contributed by atoms with van der Waals surface area (Å²) in [6.07, 6.45) is 1.89. The normalized spacial score (nSPS) is 11.3. The maximum absolute atomic E-state index is 11.9. The molecule has 0 aliphatic heterocycles. The third kappa shape index (κ3) is 2.83. The molecular formula is C12H12N2O2S2. The zero-order chi connectivity index (χ0) is 13.0. The summed E-state index contributed by atoms with van der Waals surface area (Å²) in [6.45, 7) is 3.45. The summed E-state index contributed by atoms with van der Waals surface area (Å²) in [5, 5.41) is 3.82. The van der Waals surface area contributed by atoms with Gasteiger partial charge in [0.1, 0.15) is 0 Å². The topological polar surface area (TPSA) is 59.9 Å². The minimum atomic E-state index is -3.40.